The quantitative estimate of drug-likeness (QED) is 0.0262. The minimum absolute atomic E-state index is 0.00205. The zero-order chi connectivity index (χ0) is 52.4. The first-order chi connectivity index (χ1) is 32.9. The number of carbonyl (C=O) groups is 10. The highest BCUT2D eigenvalue weighted by Gasteiger charge is 2.34. The first kappa shape index (κ1) is 63.3. The predicted molar refractivity (Wildman–Crippen MR) is 255 cm³/mol. The van der Waals surface area contributed by atoms with Gasteiger partial charge in [-0.1, -0.05) is 35.5 Å². The molecule has 1 aliphatic rings. The lowest BCUT2D eigenvalue weighted by molar-refractivity contribution is -0.163. The fraction of sp³-hybridized carbons (Fsp3) is 0.551. The zero-order valence-electron chi connectivity index (χ0n) is 39.4. The van der Waals surface area contributed by atoms with Crippen molar-refractivity contribution >= 4 is 59.3 Å². The molecule has 0 spiro atoms. The summed E-state index contributed by atoms with van der Waals surface area (Å²) in [4.78, 5) is 116. The van der Waals surface area contributed by atoms with Crippen LogP contribution in [0.1, 0.15) is 116 Å². The second kappa shape index (κ2) is 39.4. The highest BCUT2D eigenvalue weighted by molar-refractivity contribution is 5.88. The van der Waals surface area contributed by atoms with Crippen LogP contribution in [0.2, 0.25) is 0 Å². The molecule has 20 nitrogen and oxygen atoms in total. The van der Waals surface area contributed by atoms with Crippen molar-refractivity contribution in [2.75, 3.05) is 46.4 Å². The summed E-state index contributed by atoms with van der Waals surface area (Å²) in [6, 6.07) is 0. The zero-order valence-corrected chi connectivity index (χ0v) is 39.4. The molecule has 0 bridgehead atoms. The summed E-state index contributed by atoms with van der Waals surface area (Å²) >= 11 is 0. The van der Waals surface area contributed by atoms with Crippen molar-refractivity contribution in [1.82, 2.24) is 37.2 Å². The van der Waals surface area contributed by atoms with E-state index in [0.29, 0.717) is 38.5 Å². The number of amides is 7. The number of esters is 3. The van der Waals surface area contributed by atoms with Crippen LogP contribution in [-0.2, 0) is 57.4 Å². The van der Waals surface area contributed by atoms with E-state index in [1.54, 1.807) is 0 Å². The minimum Gasteiger partial charge on any atom is -0.469 e. The third kappa shape index (κ3) is 36.1. The van der Waals surface area contributed by atoms with E-state index in [2.05, 4.69) is 82.2 Å². The third-order valence-electron chi connectivity index (χ3n) is 9.77. The lowest BCUT2D eigenvalue weighted by Crippen LogP contribution is -2.50. The molecule has 1 fully saturated rings. The van der Waals surface area contributed by atoms with Crippen LogP contribution in [-0.4, -0.2) is 117 Å². The van der Waals surface area contributed by atoms with Gasteiger partial charge in [0.05, 0.1) is 46.4 Å². The molecule has 0 unspecified atom stereocenters. The van der Waals surface area contributed by atoms with Crippen LogP contribution in [0.25, 0.3) is 0 Å². The van der Waals surface area contributed by atoms with E-state index in [1.807, 2.05) is 0 Å². The Morgan fingerprint density at radius 1 is 0.493 bits per heavy atom. The molecule has 0 saturated carbocycles. The lowest BCUT2D eigenvalue weighted by atomic mass is 9.83. The maximum atomic E-state index is 12.7. The third-order valence-corrected chi connectivity index (χ3v) is 9.77. The summed E-state index contributed by atoms with van der Waals surface area (Å²) in [5.41, 5.74) is 4.46. The van der Waals surface area contributed by atoms with Gasteiger partial charge in [-0.3, -0.25) is 47.9 Å². The second-order valence-corrected chi connectivity index (χ2v) is 15.2. The van der Waals surface area contributed by atoms with Crippen molar-refractivity contribution < 1.29 is 57.4 Å². The van der Waals surface area contributed by atoms with Crippen molar-refractivity contribution in [1.29, 1.82) is 0 Å². The van der Waals surface area contributed by atoms with Crippen LogP contribution in [0, 0.1) is 74.1 Å². The number of nitrogens with two attached hydrogens (primary N) is 1. The topological polar surface area (TPSA) is 299 Å². The smallest absolute Gasteiger partial charge is 0.313 e. The Morgan fingerprint density at radius 2 is 0.783 bits per heavy atom. The monoisotopic (exact) mass is 958 g/mol. The van der Waals surface area contributed by atoms with E-state index in [9.17, 15) is 47.9 Å². The van der Waals surface area contributed by atoms with Gasteiger partial charge in [-0.05, 0) is 51.4 Å². The Labute approximate surface area is 405 Å². The summed E-state index contributed by atoms with van der Waals surface area (Å²) in [5, 5.41) is 18.2. The fourth-order valence-electron chi connectivity index (χ4n) is 5.97. The number of methoxy groups -OCH3 is 1. The number of hydrogen-bond acceptors (Lipinski definition) is 13. The number of carbonyl (C=O) groups excluding carboxylic acids is 10. The molecule has 0 aromatic heterocycles. The van der Waals surface area contributed by atoms with E-state index in [-0.39, 0.29) is 170 Å². The Morgan fingerprint density at radius 3 is 1.03 bits per heavy atom. The molecule has 0 aliphatic carbocycles. The molecule has 7 amide bonds. The molecule has 1 saturated heterocycles. The van der Waals surface area contributed by atoms with Gasteiger partial charge in [0.1, 0.15) is 0 Å². The van der Waals surface area contributed by atoms with Crippen molar-refractivity contribution in [3.8, 4) is 74.1 Å². The van der Waals surface area contributed by atoms with Crippen LogP contribution in [0.15, 0.2) is 0 Å². The average molecular weight is 959 g/mol. The van der Waals surface area contributed by atoms with Gasteiger partial charge >= 0.3 is 17.9 Å². The molecule has 1 rings (SSSR count). The molecule has 9 N–H and O–H groups in total. The molecule has 20 heteroatoms. The Bertz CT molecular complexity index is 1810. The van der Waals surface area contributed by atoms with Gasteiger partial charge in [-0.25, -0.2) is 0 Å². The van der Waals surface area contributed by atoms with E-state index < -0.39 is 17.0 Å². The van der Waals surface area contributed by atoms with Gasteiger partial charge in [-0.2, -0.15) is 0 Å². The van der Waals surface area contributed by atoms with E-state index in [4.69, 9.17) is 44.3 Å². The van der Waals surface area contributed by atoms with Crippen molar-refractivity contribution in [3.05, 3.63) is 0 Å². The largest absolute Gasteiger partial charge is 0.469 e. The van der Waals surface area contributed by atoms with Gasteiger partial charge in [0, 0.05) is 75.3 Å². The molecular formula is C49H66N8O12. The highest BCUT2D eigenvalue weighted by Crippen LogP contribution is 2.27. The van der Waals surface area contributed by atoms with E-state index >= 15 is 0 Å². The molecule has 69 heavy (non-hydrogen) atoms. The Balaban J connectivity index is 0. The van der Waals surface area contributed by atoms with Gasteiger partial charge < -0.3 is 52.4 Å². The first-order valence-corrected chi connectivity index (χ1v) is 22.0. The summed E-state index contributed by atoms with van der Waals surface area (Å²) < 4.78 is 8.79. The van der Waals surface area contributed by atoms with Crippen molar-refractivity contribution in [2.24, 2.45) is 5.73 Å². The maximum absolute atomic E-state index is 12.7. The van der Waals surface area contributed by atoms with E-state index in [1.165, 1.54) is 7.11 Å². The number of ether oxygens (including phenoxy) is 2. The fourth-order valence-corrected chi connectivity index (χ4v) is 5.97. The standard InChI is InChI=1S/C25H34N4O6.C19H26N4O3.C5H6O3/c1-5-17-26-20(30)11-14-25(15-12-21(31)27-18-6-2,16-13-22(32)28-19-7-3)29-23(33)9-8-10-24(34)35-4;1-4-13-21-16(24)7-10-19(20,11-8-17(25)22-14-5-2)12-9-18(26)23-15-6-3;6-4-2-1-3-5(7)8-4/h1-3H,8-19H2,4H3,(H,26,30)(H,27,31)(H,28,32)(H,29,33);1-3H,7-15,20H2,(H,21,24)(H,22,25)(H,23,26);1-3H2. The van der Waals surface area contributed by atoms with Gasteiger partial charge in [0.2, 0.25) is 41.4 Å². The van der Waals surface area contributed by atoms with E-state index in [0.717, 1.165) is 0 Å². The molecule has 0 aromatic carbocycles. The first-order valence-electron chi connectivity index (χ1n) is 22.0. The molecule has 1 aliphatic heterocycles. The van der Waals surface area contributed by atoms with Crippen LogP contribution < -0.4 is 43.0 Å². The molecule has 0 radical (unpaired) electrons. The number of nitrogens with one attached hydrogen (secondary N) is 7. The normalized spacial score (nSPS) is 11.2. The average Bonchev–Trinajstić information content (AvgIpc) is 3.33. The molecular weight excluding hydrogens is 893 g/mol. The van der Waals surface area contributed by atoms with Crippen LogP contribution in [0.5, 0.6) is 0 Å². The van der Waals surface area contributed by atoms with Crippen LogP contribution >= 0.6 is 0 Å². The predicted octanol–water partition coefficient (Wildman–Crippen LogP) is -0.714. The number of cyclic esters (lactones) is 2. The number of hydrogen-bond donors (Lipinski definition) is 8. The molecule has 374 valence electrons. The summed E-state index contributed by atoms with van der Waals surface area (Å²) in [7, 11) is 1.26. The molecule has 0 atom stereocenters. The highest BCUT2D eigenvalue weighted by atomic mass is 16.6. The summed E-state index contributed by atoms with van der Waals surface area (Å²) in [5.74, 6) is 10.6. The molecule has 1 heterocycles. The number of terminal acetylenes is 6. The van der Waals surface area contributed by atoms with Gasteiger partial charge in [0.15, 0.2) is 0 Å². The Hall–Kier alpha value is -7.78. The van der Waals surface area contributed by atoms with Crippen LogP contribution in [0.4, 0.5) is 0 Å². The van der Waals surface area contributed by atoms with Crippen LogP contribution in [0.3, 0.4) is 0 Å². The number of rotatable bonds is 29. The van der Waals surface area contributed by atoms with Crippen molar-refractivity contribution in [2.45, 2.75) is 127 Å². The maximum Gasteiger partial charge on any atom is 0.313 e. The Kier molecular flexibility index (Phi) is 36.1. The van der Waals surface area contributed by atoms with Crippen molar-refractivity contribution in [3.63, 3.8) is 0 Å². The molecule has 0 aromatic rings. The second-order valence-electron chi connectivity index (χ2n) is 15.2. The van der Waals surface area contributed by atoms with Gasteiger partial charge in [0.25, 0.3) is 0 Å². The summed E-state index contributed by atoms with van der Waals surface area (Å²) in [6.45, 7) is 0.566. The minimum atomic E-state index is -1.06. The van der Waals surface area contributed by atoms with Gasteiger partial charge in [-0.15, -0.1) is 38.5 Å². The summed E-state index contributed by atoms with van der Waals surface area (Å²) in [6.07, 6.45) is 34.4. The SMILES string of the molecule is C#CCNC(=O)CCC(CCC(=O)NCC#C)(CCC(=O)NCC#C)NC(=O)CCCC(=O)OC.C#CCNC(=O)CCC(N)(CCC(=O)NCC#C)CCC(=O)NCC#C.O=C1CCCC(=O)O1. The lowest BCUT2D eigenvalue weighted by Gasteiger charge is -2.35.